The molecule has 0 aliphatic carbocycles. The van der Waals surface area contributed by atoms with E-state index in [-0.39, 0.29) is 18.6 Å². The van der Waals surface area contributed by atoms with Crippen LogP contribution in [0.4, 0.5) is 0 Å². The predicted octanol–water partition coefficient (Wildman–Crippen LogP) is 2.46. The maximum absolute atomic E-state index is 11.5. The molecule has 1 atom stereocenters. The highest BCUT2D eigenvalue weighted by Crippen LogP contribution is 2.05. The van der Waals surface area contributed by atoms with Crippen LogP contribution in [-0.2, 0) is 4.79 Å². The summed E-state index contributed by atoms with van der Waals surface area (Å²) >= 11 is 0. The minimum atomic E-state index is -3.22. The van der Waals surface area contributed by atoms with E-state index in [1.165, 1.54) is 0 Å². The molecule has 0 rings (SSSR count). The molecule has 0 spiro atoms. The minimum absolute atomic E-state index is 0.193. The van der Waals surface area contributed by atoms with E-state index in [4.69, 9.17) is 8.22 Å². The molecule has 76 valence electrons. The number of ketones is 1. The summed E-state index contributed by atoms with van der Waals surface area (Å²) in [6.45, 7) is 0.346. The van der Waals surface area contributed by atoms with Crippen LogP contribution in [0.15, 0.2) is 12.7 Å². The summed E-state index contributed by atoms with van der Waals surface area (Å²) in [4.78, 5) is 11.5. The molecule has 0 saturated heterocycles. The molecule has 13 heavy (non-hydrogen) atoms. The second kappa shape index (κ2) is 7.99. The van der Waals surface area contributed by atoms with Crippen LogP contribution in [0, 0.1) is 0 Å². The van der Waals surface area contributed by atoms with E-state index < -0.39 is 25.7 Å². The van der Waals surface area contributed by atoms with Crippen molar-refractivity contribution in [2.24, 2.45) is 0 Å². The lowest BCUT2D eigenvalue weighted by atomic mass is 10.1. The normalized spacial score (nSPS) is 23.8. The van der Waals surface area contributed by atoms with Gasteiger partial charge in [-0.1, -0.05) is 6.08 Å². The summed E-state index contributed by atoms with van der Waals surface area (Å²) in [5.74, 6) is -0.216. The molecule has 0 aromatic rings. The van der Waals surface area contributed by atoms with E-state index in [1.54, 1.807) is 6.08 Å². The molecular weight excluding hydrogens is 164 g/mol. The smallest absolute Gasteiger partial charge is 0.132 e. The van der Waals surface area contributed by atoms with E-state index in [0.29, 0.717) is 12.8 Å². The Kier molecular flexibility index (Phi) is 3.26. The Morgan fingerprint density at radius 2 is 2.46 bits per heavy atom. The number of aliphatic hydroxyl groups is 1. The van der Waals surface area contributed by atoms with Crippen LogP contribution < -0.4 is 0 Å². The standard InChI is InChI=1S/C11H20O2/c1-3-4-5-8-11(13)9-6-7-10(2)12/h3,10,12H,1,4-9H2,2H3/i2D3,7D2,10D. The summed E-state index contributed by atoms with van der Waals surface area (Å²) in [7, 11) is 0. The molecule has 0 aromatic carbocycles. The number of hydrogen-bond donors (Lipinski definition) is 1. The third-order valence-electron chi connectivity index (χ3n) is 1.56. The Labute approximate surface area is 89.1 Å². The number of hydrogen-bond acceptors (Lipinski definition) is 2. The zero-order valence-corrected chi connectivity index (χ0v) is 7.68. The van der Waals surface area contributed by atoms with Crippen LogP contribution in [0.5, 0.6) is 0 Å². The lowest BCUT2D eigenvalue weighted by Gasteiger charge is -2.02. The van der Waals surface area contributed by atoms with Crippen LogP contribution in [0.25, 0.3) is 0 Å². The van der Waals surface area contributed by atoms with Crippen molar-refractivity contribution in [1.29, 1.82) is 0 Å². The summed E-state index contributed by atoms with van der Waals surface area (Å²) in [6.07, 6.45) is -3.37. The van der Waals surface area contributed by atoms with Gasteiger partial charge in [0.1, 0.15) is 5.78 Å². The van der Waals surface area contributed by atoms with E-state index in [0.717, 1.165) is 0 Å². The maximum Gasteiger partial charge on any atom is 0.132 e. The van der Waals surface area contributed by atoms with Crippen molar-refractivity contribution in [3.05, 3.63) is 12.7 Å². The van der Waals surface area contributed by atoms with Crippen LogP contribution in [0.2, 0.25) is 0 Å². The van der Waals surface area contributed by atoms with Crippen molar-refractivity contribution in [1.82, 2.24) is 0 Å². The first-order chi connectivity index (χ1) is 8.45. The highest BCUT2D eigenvalue weighted by atomic mass is 16.3. The average Bonchev–Trinajstić information content (AvgIpc) is 2.25. The first-order valence-electron chi connectivity index (χ1n) is 7.30. The fraction of sp³-hybridized carbons (Fsp3) is 0.727. The molecule has 0 saturated carbocycles. The molecule has 1 unspecified atom stereocenters. The molecule has 0 aliphatic rings. The Hall–Kier alpha value is -0.630. The molecule has 0 heterocycles. The number of allylic oxidation sites excluding steroid dienone is 1. The van der Waals surface area contributed by atoms with Gasteiger partial charge in [-0.25, -0.2) is 0 Å². The van der Waals surface area contributed by atoms with Crippen molar-refractivity contribution in [3.63, 3.8) is 0 Å². The molecule has 2 heteroatoms. The van der Waals surface area contributed by atoms with Gasteiger partial charge in [0, 0.05) is 19.7 Å². The molecule has 0 radical (unpaired) electrons. The molecule has 0 fully saturated rings. The second-order valence-corrected chi connectivity index (χ2v) is 2.74. The van der Waals surface area contributed by atoms with E-state index in [1.807, 2.05) is 0 Å². The van der Waals surface area contributed by atoms with Crippen LogP contribution in [-0.4, -0.2) is 17.0 Å². The lowest BCUT2D eigenvalue weighted by molar-refractivity contribution is -0.119. The van der Waals surface area contributed by atoms with Crippen molar-refractivity contribution in [2.75, 3.05) is 0 Å². The van der Waals surface area contributed by atoms with Crippen molar-refractivity contribution in [3.8, 4) is 0 Å². The molecule has 2 nitrogen and oxygen atoms in total. The second-order valence-electron chi connectivity index (χ2n) is 2.74. The number of carbonyl (C=O) groups excluding carboxylic acids is 1. The number of rotatable bonds is 8. The molecular formula is C11H20O2. The number of unbranched alkanes of at least 4 members (excludes halogenated alkanes) is 1. The monoisotopic (exact) mass is 190 g/mol. The van der Waals surface area contributed by atoms with Crippen molar-refractivity contribution >= 4 is 5.78 Å². The Balaban J connectivity index is 4.46. The fourth-order valence-electron chi connectivity index (χ4n) is 0.889. The quantitative estimate of drug-likeness (QED) is 0.471. The van der Waals surface area contributed by atoms with Gasteiger partial charge in [0.25, 0.3) is 0 Å². The predicted molar refractivity (Wildman–Crippen MR) is 54.6 cm³/mol. The summed E-state index contributed by atoms with van der Waals surface area (Å²) in [5, 5.41) is 9.51. The molecule has 0 aliphatic heterocycles. The Bertz CT molecular complexity index is 322. The van der Waals surface area contributed by atoms with Crippen molar-refractivity contribution < 1.29 is 18.1 Å². The van der Waals surface area contributed by atoms with E-state index in [9.17, 15) is 9.90 Å². The number of carbonyl (C=O) groups is 1. The first kappa shape index (κ1) is 5.30. The van der Waals surface area contributed by atoms with Crippen LogP contribution >= 0.6 is 0 Å². The van der Waals surface area contributed by atoms with Gasteiger partial charge in [0.15, 0.2) is 0 Å². The van der Waals surface area contributed by atoms with E-state index in [2.05, 4.69) is 6.58 Å². The lowest BCUT2D eigenvalue weighted by Crippen LogP contribution is -2.02. The zero-order valence-electron chi connectivity index (χ0n) is 13.7. The van der Waals surface area contributed by atoms with Gasteiger partial charge in [0.05, 0.1) is 7.45 Å². The van der Waals surface area contributed by atoms with E-state index >= 15 is 0 Å². The van der Waals surface area contributed by atoms with Gasteiger partial charge in [-0.05, 0) is 32.5 Å². The molecule has 1 N–H and O–H groups in total. The number of Topliss-reactive ketones (excluding diaryl/α,β-unsaturated/α-hetero) is 1. The third-order valence-corrected chi connectivity index (χ3v) is 1.56. The van der Waals surface area contributed by atoms with Crippen molar-refractivity contribution in [2.45, 2.75) is 51.4 Å². The first-order valence-corrected chi connectivity index (χ1v) is 4.30. The van der Waals surface area contributed by atoms with Gasteiger partial charge in [0.2, 0.25) is 0 Å². The van der Waals surface area contributed by atoms with Crippen LogP contribution in [0.3, 0.4) is 0 Å². The highest BCUT2D eigenvalue weighted by Gasteiger charge is 2.02. The minimum Gasteiger partial charge on any atom is -0.393 e. The Morgan fingerprint density at radius 3 is 3.08 bits per heavy atom. The van der Waals surface area contributed by atoms with Gasteiger partial charge >= 0.3 is 0 Å². The SMILES string of the molecule is [2H]C([2H])([2H])C([2H])(O)C([2H])([2H])CCC(=O)CCCC=C. The average molecular weight is 190 g/mol. The molecule has 0 aromatic heterocycles. The highest BCUT2D eigenvalue weighted by molar-refractivity contribution is 5.78. The maximum atomic E-state index is 11.5. The van der Waals surface area contributed by atoms with Crippen LogP contribution in [0.1, 0.15) is 53.6 Å². The fourth-order valence-corrected chi connectivity index (χ4v) is 0.889. The summed E-state index contributed by atoms with van der Waals surface area (Å²) < 4.78 is 43.2. The molecule has 0 amide bonds. The van der Waals surface area contributed by atoms with Gasteiger partial charge in [-0.15, -0.1) is 6.58 Å². The Morgan fingerprint density at radius 1 is 1.77 bits per heavy atom. The summed E-state index contributed by atoms with van der Waals surface area (Å²) in [6, 6.07) is 0. The van der Waals surface area contributed by atoms with Gasteiger partial charge in [-0.3, -0.25) is 4.79 Å². The van der Waals surface area contributed by atoms with Gasteiger partial charge in [-0.2, -0.15) is 0 Å². The molecule has 0 bridgehead atoms. The third kappa shape index (κ3) is 9.28. The zero-order chi connectivity index (χ0) is 15.3. The summed E-state index contributed by atoms with van der Waals surface area (Å²) in [5.41, 5.74) is 0. The largest absolute Gasteiger partial charge is 0.393 e. The van der Waals surface area contributed by atoms with Gasteiger partial charge < -0.3 is 5.11 Å². The topological polar surface area (TPSA) is 37.3 Å².